The maximum Gasteiger partial charge on any atom is 1.00 e. The van der Waals surface area contributed by atoms with Crippen LogP contribution in [0.5, 0.6) is 0 Å². The third kappa shape index (κ3) is 14.4. The Morgan fingerprint density at radius 1 is 0.429 bits per heavy atom. The number of rotatable bonds is 3. The average Bonchev–Trinajstić information content (AvgIpc) is 2.86. The van der Waals surface area contributed by atoms with Gasteiger partial charge in [-0.3, -0.25) is 0 Å². The molecule has 0 bridgehead atoms. The van der Waals surface area contributed by atoms with E-state index < -0.39 is 0 Å². The molecule has 3 aliphatic rings. The summed E-state index contributed by atoms with van der Waals surface area (Å²) in [6.07, 6.45) is 38.5. The predicted octanol–water partition coefficient (Wildman–Crippen LogP) is 7.59. The number of ether oxygens (including phenoxy) is 1. The van der Waals surface area contributed by atoms with Crippen molar-refractivity contribution in [3.63, 3.8) is 0 Å². The molecule has 200 valence electrons. The van der Waals surface area contributed by atoms with Crippen LogP contribution in [0.25, 0.3) is 0 Å². The predicted molar refractivity (Wildman–Crippen MR) is 157 cm³/mol. The zero-order valence-corrected chi connectivity index (χ0v) is 28.3. The molecule has 0 saturated heterocycles. The van der Waals surface area contributed by atoms with Crippen LogP contribution >= 0.6 is 10.5 Å². The minimum absolute atomic E-state index is 0. The summed E-state index contributed by atoms with van der Waals surface area (Å²) in [5.41, 5.74) is 0. The minimum atomic E-state index is 0. The van der Waals surface area contributed by atoms with E-state index in [-0.39, 0.29) is 61.9 Å². The van der Waals surface area contributed by atoms with Crippen LogP contribution in [0.2, 0.25) is 0 Å². The molecule has 4 heteroatoms. The van der Waals surface area contributed by atoms with E-state index in [1.165, 1.54) is 173 Å². The molecular formula is C31H57KOS2. The van der Waals surface area contributed by atoms with Crippen LogP contribution in [0.1, 0.15) is 173 Å². The molecule has 0 aromatic carbocycles. The third-order valence-corrected chi connectivity index (χ3v) is 12.4. The summed E-state index contributed by atoms with van der Waals surface area (Å²) in [5.74, 6) is 0. The van der Waals surface area contributed by atoms with Gasteiger partial charge in [0, 0.05) is 10.5 Å². The average molecular weight is 549 g/mol. The van der Waals surface area contributed by atoms with Gasteiger partial charge in [0.2, 0.25) is 0 Å². The fourth-order valence-electron chi connectivity index (χ4n) is 6.68. The second-order valence-electron chi connectivity index (χ2n) is 11.8. The molecular weight excluding hydrogens is 492 g/mol. The summed E-state index contributed by atoms with van der Waals surface area (Å²) in [6, 6.07) is 0. The summed E-state index contributed by atoms with van der Waals surface area (Å²) < 4.78 is 7.98. The summed E-state index contributed by atoms with van der Waals surface area (Å²) in [7, 11) is 0.183. The molecule has 0 amide bonds. The van der Waals surface area contributed by atoms with Crippen molar-refractivity contribution >= 4 is 27.5 Å². The van der Waals surface area contributed by atoms with Crippen molar-refractivity contribution in [3.8, 4) is 0 Å². The molecule has 35 heavy (non-hydrogen) atoms. The van der Waals surface area contributed by atoms with Crippen molar-refractivity contribution in [3.05, 3.63) is 0 Å². The first-order valence-corrected chi connectivity index (χ1v) is 17.5. The van der Waals surface area contributed by atoms with Crippen LogP contribution in [0.4, 0.5) is 0 Å². The van der Waals surface area contributed by atoms with E-state index in [9.17, 15) is 0 Å². The van der Waals surface area contributed by atoms with Gasteiger partial charge in [-0.05, 0) is 38.5 Å². The Kier molecular flexibility index (Phi) is 20.9. The molecule has 1 nitrogen and oxygen atoms in total. The van der Waals surface area contributed by atoms with Gasteiger partial charge in [0.25, 0.3) is 0 Å². The van der Waals surface area contributed by atoms with Gasteiger partial charge in [0.1, 0.15) is 0 Å². The van der Waals surface area contributed by atoms with Gasteiger partial charge in [-0.1, -0.05) is 139 Å². The van der Waals surface area contributed by atoms with E-state index in [1.807, 2.05) is 0 Å². The Bertz CT molecular complexity index is 494. The fraction of sp³-hybridized carbons (Fsp3) is 0.968. The first kappa shape index (κ1) is 33.4. The quantitative estimate of drug-likeness (QED) is 0.204. The molecule has 0 unspecified atom stereocenters. The molecule has 0 N–H and O–H groups in total. The molecule has 0 atom stereocenters. The standard InChI is InChI=1S/C31H58OS2.K/c33-31(32-28-22-16-10-4-1-5-11-17-23-28)34(29-24-18-12-6-2-7-13-19-25-29)30-26-20-14-8-3-9-15-21-27-30;/h28-30,33H,1-27H2;/q;+1/p-1. The molecule has 0 aromatic rings. The second-order valence-corrected chi connectivity index (χ2v) is 14.8. The van der Waals surface area contributed by atoms with Crippen LogP contribution in [0.3, 0.4) is 0 Å². The Morgan fingerprint density at radius 3 is 1.00 bits per heavy atom. The number of hydrogen-bond acceptors (Lipinski definition) is 2. The molecule has 0 spiro atoms. The smallest absolute Gasteiger partial charge is 0.725 e. The molecule has 0 aliphatic heterocycles. The minimum Gasteiger partial charge on any atom is -0.725 e. The van der Waals surface area contributed by atoms with Gasteiger partial charge in [-0.2, -0.15) is 10.5 Å². The van der Waals surface area contributed by atoms with E-state index in [2.05, 4.69) is 0 Å². The van der Waals surface area contributed by atoms with E-state index in [1.54, 1.807) is 0 Å². The first-order valence-electron chi connectivity index (χ1n) is 15.8. The summed E-state index contributed by atoms with van der Waals surface area (Å²) in [6.45, 7) is 0. The zero-order chi connectivity index (χ0) is 23.7. The van der Waals surface area contributed by atoms with E-state index in [4.69, 9.17) is 17.4 Å². The molecule has 0 heterocycles. The molecule has 3 aliphatic carbocycles. The summed E-state index contributed by atoms with van der Waals surface area (Å²) >= 11 is 6.32. The van der Waals surface area contributed by atoms with Gasteiger partial charge in [-0.25, -0.2) is 0 Å². The van der Waals surface area contributed by atoms with E-state index in [0.29, 0.717) is 6.10 Å². The van der Waals surface area contributed by atoms with Crippen LogP contribution < -0.4 is 51.4 Å². The first-order chi connectivity index (χ1) is 16.8. The normalized spacial score (nSPS) is 24.9. The number of hydrogen-bond donors (Lipinski definition) is 0. The van der Waals surface area contributed by atoms with Crippen LogP contribution in [0.15, 0.2) is 0 Å². The van der Waals surface area contributed by atoms with Crippen molar-refractivity contribution in [2.75, 3.05) is 0 Å². The van der Waals surface area contributed by atoms with Gasteiger partial charge in [0.15, 0.2) is 0 Å². The van der Waals surface area contributed by atoms with Crippen molar-refractivity contribution in [1.29, 1.82) is 0 Å². The van der Waals surface area contributed by atoms with Gasteiger partial charge in [0.05, 0.1) is 6.10 Å². The molecule has 3 fully saturated rings. The van der Waals surface area contributed by atoms with Crippen LogP contribution in [-0.2, 0) is 17.4 Å². The van der Waals surface area contributed by atoms with Gasteiger partial charge in [-0.15, -0.1) is 0 Å². The molecule has 0 aromatic heterocycles. The Balaban J connectivity index is 0.00000432. The Morgan fingerprint density at radius 2 is 0.686 bits per heavy atom. The SMILES string of the molecule is [K+].[S-]C(OC1CCCCCCCCC1)=S(C1CCCCCCCCC1)C1CCCCCCCCC1. The largest absolute Gasteiger partial charge is 1.00 e. The van der Waals surface area contributed by atoms with Crippen molar-refractivity contribution in [1.82, 2.24) is 0 Å². The topological polar surface area (TPSA) is 9.23 Å². The molecule has 3 rings (SSSR count). The van der Waals surface area contributed by atoms with Gasteiger partial charge < -0.3 is 17.4 Å². The van der Waals surface area contributed by atoms with Crippen molar-refractivity contribution in [2.24, 2.45) is 0 Å². The zero-order valence-electron chi connectivity index (χ0n) is 23.5. The summed E-state index contributed by atoms with van der Waals surface area (Å²) in [4.78, 5) is 0. The van der Waals surface area contributed by atoms with Crippen molar-refractivity contribution < 1.29 is 56.1 Å². The third-order valence-electron chi connectivity index (χ3n) is 8.83. The monoisotopic (exact) mass is 548 g/mol. The van der Waals surface area contributed by atoms with Crippen LogP contribution in [0, 0.1) is 0 Å². The maximum atomic E-state index is 6.89. The van der Waals surface area contributed by atoms with Crippen molar-refractivity contribution in [2.45, 2.75) is 190 Å². The summed E-state index contributed by atoms with van der Waals surface area (Å²) in [5, 5.41) is 1.61. The molecule has 3 saturated carbocycles. The maximum absolute atomic E-state index is 6.89. The van der Waals surface area contributed by atoms with E-state index >= 15 is 0 Å². The Labute approximate surface area is 270 Å². The fourth-order valence-corrected chi connectivity index (χ4v) is 10.6. The van der Waals surface area contributed by atoms with Gasteiger partial charge >= 0.3 is 51.4 Å². The second kappa shape index (κ2) is 21.9. The van der Waals surface area contributed by atoms with Crippen LogP contribution in [-0.4, -0.2) is 21.0 Å². The Hall–Kier alpha value is 2.17. The van der Waals surface area contributed by atoms with E-state index in [0.717, 1.165) is 14.9 Å². The molecule has 0 radical (unpaired) electrons.